The number of benzene rings is 2. The highest BCUT2D eigenvalue weighted by atomic mass is 127. The van der Waals surface area contributed by atoms with E-state index in [-0.39, 0.29) is 35.4 Å². The number of rotatable bonds is 5. The normalized spacial score (nSPS) is 14.4. The molecule has 3 rings (SSSR count). The lowest BCUT2D eigenvalue weighted by Crippen LogP contribution is -2.46. The van der Waals surface area contributed by atoms with E-state index in [4.69, 9.17) is 10.5 Å². The summed E-state index contributed by atoms with van der Waals surface area (Å²) in [6.45, 7) is 0.979. The fraction of sp³-hybridized carbons (Fsp3) is 0.364. The first-order valence-electron chi connectivity index (χ1n) is 9.84. The summed E-state index contributed by atoms with van der Waals surface area (Å²) in [5.41, 5.74) is 6.23. The van der Waals surface area contributed by atoms with Crippen molar-refractivity contribution in [2.24, 2.45) is 5.73 Å². The van der Waals surface area contributed by atoms with Crippen LogP contribution in [0.4, 0.5) is 13.6 Å². The Morgan fingerprint density at radius 1 is 1.16 bits per heavy atom. The molecule has 9 heteroatoms. The third-order valence-electron chi connectivity index (χ3n) is 5.18. The van der Waals surface area contributed by atoms with Gasteiger partial charge in [0, 0.05) is 56.1 Å². The van der Waals surface area contributed by atoms with Crippen LogP contribution in [0.25, 0.3) is 0 Å². The van der Waals surface area contributed by atoms with Crippen molar-refractivity contribution in [3.05, 3.63) is 62.2 Å². The maximum Gasteiger partial charge on any atom is 0.319 e. The highest BCUT2D eigenvalue weighted by Gasteiger charge is 2.27. The Kier molecular flexibility index (Phi) is 7.34. The molecule has 0 unspecified atom stereocenters. The van der Waals surface area contributed by atoms with Gasteiger partial charge >= 0.3 is 6.03 Å². The number of halogens is 3. The minimum Gasteiger partial charge on any atom is -0.489 e. The minimum absolute atomic E-state index is 0.00489. The number of nitrogens with zero attached hydrogens (tertiary/aromatic N) is 2. The summed E-state index contributed by atoms with van der Waals surface area (Å²) in [7, 11) is 3.38. The molecule has 166 valence electrons. The van der Waals surface area contributed by atoms with E-state index in [0.717, 1.165) is 9.64 Å². The molecule has 2 aromatic carbocycles. The fourth-order valence-corrected chi connectivity index (χ4v) is 4.10. The first kappa shape index (κ1) is 23.2. The maximum atomic E-state index is 14.4. The van der Waals surface area contributed by atoms with Gasteiger partial charge < -0.3 is 20.3 Å². The third-order valence-corrected chi connectivity index (χ3v) is 5.85. The average Bonchev–Trinajstić information content (AvgIpc) is 2.69. The lowest BCUT2D eigenvalue weighted by atomic mass is 9.97. The second kappa shape index (κ2) is 9.80. The quantitative estimate of drug-likeness (QED) is 0.584. The summed E-state index contributed by atoms with van der Waals surface area (Å²) >= 11 is 2.00. The lowest BCUT2D eigenvalue weighted by molar-refractivity contribution is 0.0946. The first-order chi connectivity index (χ1) is 14.7. The van der Waals surface area contributed by atoms with Gasteiger partial charge in [0.05, 0.1) is 5.56 Å². The molecular weight excluding hydrogens is 519 g/mol. The van der Waals surface area contributed by atoms with E-state index in [2.05, 4.69) is 0 Å². The van der Waals surface area contributed by atoms with Crippen LogP contribution >= 0.6 is 22.6 Å². The third kappa shape index (κ3) is 5.63. The van der Waals surface area contributed by atoms with Gasteiger partial charge in [-0.15, -0.1) is 0 Å². The summed E-state index contributed by atoms with van der Waals surface area (Å²) in [5.74, 6) is -1.75. The number of ether oxygens (including phenoxy) is 1. The van der Waals surface area contributed by atoms with Gasteiger partial charge in [-0.1, -0.05) is 6.07 Å². The van der Waals surface area contributed by atoms with Gasteiger partial charge in [-0.05, 0) is 51.9 Å². The lowest BCUT2D eigenvalue weighted by Gasteiger charge is -2.34. The van der Waals surface area contributed by atoms with Gasteiger partial charge in [0.25, 0.3) is 5.91 Å². The molecule has 0 atom stereocenters. The topological polar surface area (TPSA) is 75.9 Å². The molecule has 3 amide bonds. The average molecular weight is 543 g/mol. The van der Waals surface area contributed by atoms with Crippen molar-refractivity contribution < 1.29 is 23.1 Å². The molecule has 31 heavy (non-hydrogen) atoms. The number of hydrogen-bond donors (Lipinski definition) is 1. The van der Waals surface area contributed by atoms with Crippen molar-refractivity contribution in [2.75, 3.05) is 27.2 Å². The molecule has 0 saturated carbocycles. The Bertz CT molecular complexity index is 992. The smallest absolute Gasteiger partial charge is 0.319 e. The predicted molar refractivity (Wildman–Crippen MR) is 121 cm³/mol. The number of hydrogen-bond acceptors (Lipinski definition) is 3. The Hall–Kier alpha value is -2.43. The molecule has 0 aromatic heterocycles. The highest BCUT2D eigenvalue weighted by Crippen LogP contribution is 2.30. The summed E-state index contributed by atoms with van der Waals surface area (Å²) in [4.78, 5) is 27.5. The SMILES string of the molecule is CN(C)C(=O)N1CCC(Oc2cc(F)cc(Cc3ccc(I)cc3F)c2C(N)=O)CC1. The molecule has 2 aromatic rings. The van der Waals surface area contributed by atoms with Crippen molar-refractivity contribution in [2.45, 2.75) is 25.4 Å². The second-order valence-corrected chi connectivity index (χ2v) is 8.94. The number of likely N-dealkylation sites (tertiary alicyclic amines) is 1. The van der Waals surface area contributed by atoms with Gasteiger partial charge in [-0.3, -0.25) is 4.79 Å². The number of piperidine rings is 1. The van der Waals surface area contributed by atoms with Crippen molar-refractivity contribution >= 4 is 34.5 Å². The van der Waals surface area contributed by atoms with Gasteiger partial charge in [0.2, 0.25) is 0 Å². The molecule has 6 nitrogen and oxygen atoms in total. The summed E-state index contributed by atoms with van der Waals surface area (Å²) in [5, 5.41) is 0. The number of urea groups is 1. The first-order valence-corrected chi connectivity index (χ1v) is 10.9. The van der Waals surface area contributed by atoms with Crippen LogP contribution < -0.4 is 10.5 Å². The van der Waals surface area contributed by atoms with Gasteiger partial charge in [0.15, 0.2) is 0 Å². The largest absolute Gasteiger partial charge is 0.489 e. The van der Waals surface area contributed by atoms with Crippen LogP contribution in [-0.4, -0.2) is 55.0 Å². The molecule has 2 N–H and O–H groups in total. The van der Waals surface area contributed by atoms with Crippen LogP contribution in [0, 0.1) is 15.2 Å². The Morgan fingerprint density at radius 2 is 1.84 bits per heavy atom. The second-order valence-electron chi connectivity index (χ2n) is 7.70. The number of nitrogens with two attached hydrogens (primary N) is 1. The Balaban J connectivity index is 1.83. The molecule has 0 spiro atoms. The van der Waals surface area contributed by atoms with E-state index in [1.807, 2.05) is 22.6 Å². The van der Waals surface area contributed by atoms with E-state index >= 15 is 0 Å². The van der Waals surface area contributed by atoms with E-state index in [9.17, 15) is 18.4 Å². The summed E-state index contributed by atoms with van der Waals surface area (Å²) < 4.78 is 35.4. The van der Waals surface area contributed by atoms with Crippen LogP contribution in [0.5, 0.6) is 5.75 Å². The fourth-order valence-electron chi connectivity index (χ4n) is 3.65. The van der Waals surface area contributed by atoms with Crippen molar-refractivity contribution in [3.63, 3.8) is 0 Å². The van der Waals surface area contributed by atoms with Crippen molar-refractivity contribution in [1.29, 1.82) is 0 Å². The highest BCUT2D eigenvalue weighted by molar-refractivity contribution is 14.1. The van der Waals surface area contributed by atoms with Gasteiger partial charge in [0.1, 0.15) is 23.5 Å². The van der Waals surface area contributed by atoms with Crippen LogP contribution in [0.1, 0.15) is 34.3 Å². The zero-order valence-corrected chi connectivity index (χ0v) is 19.5. The number of primary amides is 1. The Morgan fingerprint density at radius 3 is 2.42 bits per heavy atom. The van der Waals surface area contributed by atoms with Crippen LogP contribution in [0.2, 0.25) is 0 Å². The number of carbonyl (C=O) groups is 2. The maximum absolute atomic E-state index is 14.4. The van der Waals surface area contributed by atoms with E-state index < -0.39 is 17.5 Å². The minimum atomic E-state index is -0.767. The van der Waals surface area contributed by atoms with E-state index in [1.165, 1.54) is 17.0 Å². The molecule has 1 aliphatic rings. The number of amides is 3. The van der Waals surface area contributed by atoms with E-state index in [1.54, 1.807) is 31.1 Å². The number of carbonyl (C=O) groups excluding carboxylic acids is 2. The van der Waals surface area contributed by atoms with Crippen molar-refractivity contribution in [1.82, 2.24) is 9.80 Å². The zero-order chi connectivity index (χ0) is 22.7. The predicted octanol–water partition coefficient (Wildman–Crippen LogP) is 3.78. The van der Waals surface area contributed by atoms with Crippen LogP contribution in [0.15, 0.2) is 30.3 Å². The monoisotopic (exact) mass is 543 g/mol. The van der Waals surface area contributed by atoms with Gasteiger partial charge in [-0.25, -0.2) is 13.6 Å². The van der Waals surface area contributed by atoms with Crippen molar-refractivity contribution in [3.8, 4) is 5.75 Å². The molecule has 1 heterocycles. The standard InChI is InChI=1S/C22H24F2IN3O3/c1-27(2)22(30)28-7-5-17(6-8-28)31-19-11-15(23)10-14(20(19)21(26)29)9-13-3-4-16(25)12-18(13)24/h3-4,10-12,17H,5-9H2,1-2H3,(H2,26,29). The molecule has 0 radical (unpaired) electrons. The Labute approximate surface area is 193 Å². The molecule has 1 saturated heterocycles. The van der Waals surface area contributed by atoms with Crippen LogP contribution in [-0.2, 0) is 6.42 Å². The summed E-state index contributed by atoms with van der Waals surface area (Å²) in [6, 6.07) is 6.95. The molecule has 1 fully saturated rings. The summed E-state index contributed by atoms with van der Waals surface area (Å²) in [6.07, 6.45) is 0.782. The molecule has 1 aliphatic heterocycles. The van der Waals surface area contributed by atoms with Crippen LogP contribution in [0.3, 0.4) is 0 Å². The zero-order valence-electron chi connectivity index (χ0n) is 17.3. The molecular formula is C22H24F2IN3O3. The van der Waals surface area contributed by atoms with E-state index in [0.29, 0.717) is 31.5 Å². The van der Waals surface area contributed by atoms with Gasteiger partial charge in [-0.2, -0.15) is 0 Å². The molecule has 0 bridgehead atoms. The molecule has 0 aliphatic carbocycles.